The molecule has 0 bridgehead atoms. The van der Waals surface area contributed by atoms with Gasteiger partial charge in [0.15, 0.2) is 0 Å². The smallest absolute Gasteiger partial charge is 0.271 e. The van der Waals surface area contributed by atoms with Gasteiger partial charge in [0.2, 0.25) is 0 Å². The Morgan fingerprint density at radius 3 is 2.64 bits per heavy atom. The maximum atomic E-state index is 11.8. The van der Waals surface area contributed by atoms with E-state index >= 15 is 0 Å². The van der Waals surface area contributed by atoms with Crippen LogP contribution in [0.1, 0.15) is 15.9 Å². The maximum absolute atomic E-state index is 11.8. The summed E-state index contributed by atoms with van der Waals surface area (Å²) in [4.78, 5) is 11.8. The Kier molecular flexibility index (Phi) is 5.31. The number of hydrogen-bond donors (Lipinski definition) is 2. The number of nitrogens with two attached hydrogens (primary N) is 1. The molecule has 2 rings (SSSR count). The molecule has 1 amide bonds. The first-order valence-corrected chi connectivity index (χ1v) is 6.69. The zero-order valence-corrected chi connectivity index (χ0v) is 12.2. The van der Waals surface area contributed by atoms with Crippen LogP contribution in [0.15, 0.2) is 59.7 Å². The van der Waals surface area contributed by atoms with Crippen molar-refractivity contribution in [1.82, 2.24) is 5.43 Å². The number of nitrogens with one attached hydrogen (secondary N) is 1. The predicted octanol–water partition coefficient (Wildman–Crippen LogP) is 2.71. The Bertz CT molecular complexity index is 691. The van der Waals surface area contributed by atoms with Crippen LogP contribution >= 0.6 is 0 Å². The highest BCUT2D eigenvalue weighted by Crippen LogP contribution is 2.18. The van der Waals surface area contributed by atoms with Crippen LogP contribution < -0.4 is 15.9 Å². The second kappa shape index (κ2) is 7.64. The number of anilines is 1. The fraction of sp³-hybridized carbons (Fsp3) is 0.0588. The van der Waals surface area contributed by atoms with E-state index in [0.29, 0.717) is 11.3 Å². The molecule has 5 heteroatoms. The first-order valence-electron chi connectivity index (χ1n) is 6.69. The predicted molar refractivity (Wildman–Crippen MR) is 88.8 cm³/mol. The van der Waals surface area contributed by atoms with Crippen molar-refractivity contribution in [3.63, 3.8) is 0 Å². The van der Waals surface area contributed by atoms with Crippen molar-refractivity contribution in [2.45, 2.75) is 0 Å². The Morgan fingerprint density at radius 2 is 1.91 bits per heavy atom. The van der Waals surface area contributed by atoms with Gasteiger partial charge in [-0.3, -0.25) is 4.79 Å². The molecule has 0 spiro atoms. The number of benzene rings is 2. The molecule has 2 aromatic rings. The standard InChI is InChI=1S/C17H17N3O2/c1-22-16-7-3-2-5-13(16)6-4-12-19-20-17(21)14-8-10-15(18)11-9-14/h2-12H,18H2,1H3,(H,20,21)/b6-4+,19-12-. The lowest BCUT2D eigenvalue weighted by atomic mass is 10.2. The van der Waals surface area contributed by atoms with E-state index in [4.69, 9.17) is 10.5 Å². The third-order valence-electron chi connectivity index (χ3n) is 2.91. The van der Waals surface area contributed by atoms with Crippen molar-refractivity contribution in [2.75, 3.05) is 12.8 Å². The van der Waals surface area contributed by atoms with Crippen molar-refractivity contribution in [1.29, 1.82) is 0 Å². The zero-order chi connectivity index (χ0) is 15.8. The number of ether oxygens (including phenoxy) is 1. The van der Waals surface area contributed by atoms with Crippen molar-refractivity contribution in [2.24, 2.45) is 5.10 Å². The number of rotatable bonds is 5. The number of carbonyl (C=O) groups excluding carboxylic acids is 1. The van der Waals surface area contributed by atoms with Gasteiger partial charge in [-0.25, -0.2) is 5.43 Å². The number of hydrazone groups is 1. The SMILES string of the molecule is COc1ccccc1/C=C/C=N\NC(=O)c1ccc(N)cc1. The van der Waals surface area contributed by atoms with Gasteiger partial charge in [0.05, 0.1) is 7.11 Å². The molecule has 0 saturated carbocycles. The molecule has 0 unspecified atom stereocenters. The second-order valence-electron chi connectivity index (χ2n) is 4.44. The lowest BCUT2D eigenvalue weighted by Gasteiger charge is -2.02. The molecule has 3 N–H and O–H groups in total. The summed E-state index contributed by atoms with van der Waals surface area (Å²) in [5, 5.41) is 3.86. The van der Waals surface area contributed by atoms with E-state index in [1.807, 2.05) is 30.3 Å². The van der Waals surface area contributed by atoms with Gasteiger partial charge >= 0.3 is 0 Å². The van der Waals surface area contributed by atoms with Crippen LogP contribution in [0.25, 0.3) is 6.08 Å². The summed E-state index contributed by atoms with van der Waals surface area (Å²) in [6, 6.07) is 14.2. The number of allylic oxidation sites excluding steroid dienone is 1. The number of hydrogen-bond acceptors (Lipinski definition) is 4. The molecule has 2 aromatic carbocycles. The van der Waals surface area contributed by atoms with E-state index in [0.717, 1.165) is 11.3 Å². The molecule has 5 nitrogen and oxygen atoms in total. The molecule has 0 radical (unpaired) electrons. The lowest BCUT2D eigenvalue weighted by Crippen LogP contribution is -2.17. The number of para-hydroxylation sites is 1. The van der Waals surface area contributed by atoms with Crippen molar-refractivity contribution in [3.05, 3.63) is 65.7 Å². The fourth-order valence-electron chi connectivity index (χ4n) is 1.79. The first-order chi connectivity index (χ1) is 10.7. The van der Waals surface area contributed by atoms with Crippen molar-refractivity contribution < 1.29 is 9.53 Å². The number of nitrogens with zero attached hydrogens (tertiary/aromatic N) is 1. The second-order valence-corrected chi connectivity index (χ2v) is 4.44. The first kappa shape index (κ1) is 15.3. The molecule has 0 fully saturated rings. The van der Waals surface area contributed by atoms with Crippen LogP contribution in [0.4, 0.5) is 5.69 Å². The molecule has 0 saturated heterocycles. The average molecular weight is 295 g/mol. The van der Waals surface area contributed by atoms with Gasteiger partial charge in [0.1, 0.15) is 5.75 Å². The summed E-state index contributed by atoms with van der Waals surface area (Å²) in [5.41, 5.74) is 10.0. The van der Waals surface area contributed by atoms with Crippen LogP contribution in [-0.4, -0.2) is 19.2 Å². The summed E-state index contributed by atoms with van der Waals surface area (Å²) in [5.74, 6) is 0.486. The zero-order valence-electron chi connectivity index (χ0n) is 12.2. The van der Waals surface area contributed by atoms with E-state index in [2.05, 4.69) is 10.5 Å². The summed E-state index contributed by atoms with van der Waals surface area (Å²) in [7, 11) is 1.62. The number of methoxy groups -OCH3 is 1. The van der Waals surface area contributed by atoms with Gasteiger partial charge in [-0.2, -0.15) is 5.10 Å². The van der Waals surface area contributed by atoms with E-state index < -0.39 is 0 Å². The van der Waals surface area contributed by atoms with Gasteiger partial charge in [-0.05, 0) is 42.5 Å². The van der Waals surface area contributed by atoms with Gasteiger partial charge in [0, 0.05) is 23.0 Å². The van der Waals surface area contributed by atoms with E-state index in [1.165, 1.54) is 6.21 Å². The van der Waals surface area contributed by atoms with Gasteiger partial charge in [-0.15, -0.1) is 0 Å². The van der Waals surface area contributed by atoms with Crippen LogP contribution in [0, 0.1) is 0 Å². The van der Waals surface area contributed by atoms with E-state index in [-0.39, 0.29) is 5.91 Å². The van der Waals surface area contributed by atoms with Gasteiger partial charge < -0.3 is 10.5 Å². The normalized spacial score (nSPS) is 11.0. The highest BCUT2D eigenvalue weighted by atomic mass is 16.5. The lowest BCUT2D eigenvalue weighted by molar-refractivity contribution is 0.0955. The third-order valence-corrected chi connectivity index (χ3v) is 2.91. The van der Waals surface area contributed by atoms with E-state index in [1.54, 1.807) is 37.5 Å². The van der Waals surface area contributed by atoms with Crippen LogP contribution in [-0.2, 0) is 0 Å². The Hall–Kier alpha value is -3.08. The number of nitrogen functional groups attached to an aromatic ring is 1. The largest absolute Gasteiger partial charge is 0.496 e. The Balaban J connectivity index is 1.91. The van der Waals surface area contributed by atoms with Crippen LogP contribution in [0.2, 0.25) is 0 Å². The van der Waals surface area contributed by atoms with E-state index in [9.17, 15) is 4.79 Å². The minimum atomic E-state index is -0.290. The summed E-state index contributed by atoms with van der Waals surface area (Å²) in [6.07, 6.45) is 5.07. The average Bonchev–Trinajstić information content (AvgIpc) is 2.55. The molecule has 0 aliphatic carbocycles. The third kappa shape index (κ3) is 4.21. The monoisotopic (exact) mass is 295 g/mol. The number of amides is 1. The van der Waals surface area contributed by atoms with Gasteiger partial charge in [0.25, 0.3) is 5.91 Å². The highest BCUT2D eigenvalue weighted by Gasteiger charge is 2.02. The topological polar surface area (TPSA) is 76.7 Å². The number of carbonyl (C=O) groups is 1. The molecule has 0 atom stereocenters. The molecular formula is C17H17N3O2. The Morgan fingerprint density at radius 1 is 1.18 bits per heavy atom. The minimum Gasteiger partial charge on any atom is -0.496 e. The minimum absolute atomic E-state index is 0.290. The molecule has 22 heavy (non-hydrogen) atoms. The molecule has 0 aliphatic rings. The maximum Gasteiger partial charge on any atom is 0.271 e. The molecule has 112 valence electrons. The fourth-order valence-corrected chi connectivity index (χ4v) is 1.79. The Labute approximate surface area is 129 Å². The van der Waals surface area contributed by atoms with Gasteiger partial charge in [-0.1, -0.05) is 18.2 Å². The molecule has 0 aliphatic heterocycles. The van der Waals surface area contributed by atoms with Crippen LogP contribution in [0.5, 0.6) is 5.75 Å². The van der Waals surface area contributed by atoms with Crippen LogP contribution in [0.3, 0.4) is 0 Å². The summed E-state index contributed by atoms with van der Waals surface area (Å²) in [6.45, 7) is 0. The molecule has 0 heterocycles. The quantitative estimate of drug-likeness (QED) is 0.506. The highest BCUT2D eigenvalue weighted by molar-refractivity contribution is 5.95. The summed E-state index contributed by atoms with van der Waals surface area (Å²) >= 11 is 0. The molecule has 0 aromatic heterocycles. The molecular weight excluding hydrogens is 278 g/mol. The summed E-state index contributed by atoms with van der Waals surface area (Å²) < 4.78 is 5.23. The van der Waals surface area contributed by atoms with Crippen molar-refractivity contribution >= 4 is 23.9 Å². The van der Waals surface area contributed by atoms with Crippen molar-refractivity contribution in [3.8, 4) is 5.75 Å².